The van der Waals surface area contributed by atoms with E-state index in [1.54, 1.807) is 19.2 Å². The summed E-state index contributed by atoms with van der Waals surface area (Å²) in [6.45, 7) is 0.272. The summed E-state index contributed by atoms with van der Waals surface area (Å²) >= 11 is 3.41. The Balaban J connectivity index is 2.13. The van der Waals surface area contributed by atoms with Gasteiger partial charge in [0.2, 0.25) is 0 Å². The highest BCUT2D eigenvalue weighted by atomic mass is 79.9. The average Bonchev–Trinajstić information content (AvgIpc) is 2.52. The van der Waals surface area contributed by atoms with Crippen LogP contribution in [-0.2, 0) is 11.9 Å². The molecule has 0 saturated heterocycles. The highest BCUT2D eigenvalue weighted by Gasteiger charge is 2.07. The van der Waals surface area contributed by atoms with Crippen molar-refractivity contribution in [1.82, 2.24) is 0 Å². The predicted molar refractivity (Wildman–Crippen MR) is 82.9 cm³/mol. The lowest BCUT2D eigenvalue weighted by molar-refractivity contribution is 0.300. The molecule has 0 amide bonds. The molecule has 0 heterocycles. The van der Waals surface area contributed by atoms with E-state index >= 15 is 0 Å². The van der Waals surface area contributed by atoms with Crippen molar-refractivity contribution in [2.45, 2.75) is 11.9 Å². The molecule has 2 aromatic carbocycles. The van der Waals surface area contributed by atoms with Crippen molar-refractivity contribution >= 4 is 15.9 Å². The number of ether oxygens (including phenoxy) is 3. The zero-order valence-corrected chi connectivity index (χ0v) is 13.4. The van der Waals surface area contributed by atoms with E-state index in [-0.39, 0.29) is 12.4 Å². The molecule has 2 aromatic rings. The third-order valence-corrected chi connectivity index (χ3v) is 3.63. The van der Waals surface area contributed by atoms with E-state index < -0.39 is 5.82 Å². The Morgan fingerprint density at radius 2 is 1.81 bits per heavy atom. The van der Waals surface area contributed by atoms with Crippen molar-refractivity contribution < 1.29 is 18.6 Å². The van der Waals surface area contributed by atoms with Crippen molar-refractivity contribution in [2.75, 3.05) is 14.2 Å². The number of benzene rings is 2. The SMILES string of the molecule is COc1ccc(CBr)c(OCc2ccc(OC)c(F)c2)c1. The molecular weight excluding hydrogens is 339 g/mol. The monoisotopic (exact) mass is 354 g/mol. The normalized spacial score (nSPS) is 10.3. The van der Waals surface area contributed by atoms with Crippen LogP contribution < -0.4 is 14.2 Å². The second-order valence-corrected chi connectivity index (χ2v) is 4.93. The van der Waals surface area contributed by atoms with Crippen LogP contribution in [0, 0.1) is 5.82 Å². The van der Waals surface area contributed by atoms with Crippen LogP contribution in [0.15, 0.2) is 36.4 Å². The molecule has 0 aromatic heterocycles. The highest BCUT2D eigenvalue weighted by molar-refractivity contribution is 9.08. The number of methoxy groups -OCH3 is 2. The molecule has 0 aliphatic carbocycles. The average molecular weight is 355 g/mol. The molecule has 3 nitrogen and oxygen atoms in total. The van der Waals surface area contributed by atoms with Crippen LogP contribution in [0.4, 0.5) is 4.39 Å². The Labute approximate surface area is 131 Å². The maximum absolute atomic E-state index is 13.6. The van der Waals surface area contributed by atoms with Crippen molar-refractivity contribution in [3.05, 3.63) is 53.3 Å². The summed E-state index contributed by atoms with van der Waals surface area (Å²) in [5.74, 6) is 1.25. The number of hydrogen-bond donors (Lipinski definition) is 0. The molecular formula is C16H16BrFO3. The summed E-state index contributed by atoms with van der Waals surface area (Å²) in [4.78, 5) is 0. The van der Waals surface area contributed by atoms with Gasteiger partial charge in [0.05, 0.1) is 14.2 Å². The maximum Gasteiger partial charge on any atom is 0.165 e. The van der Waals surface area contributed by atoms with Gasteiger partial charge in [-0.2, -0.15) is 0 Å². The molecule has 0 radical (unpaired) electrons. The summed E-state index contributed by atoms with van der Waals surface area (Å²) in [5, 5.41) is 0.670. The fourth-order valence-corrected chi connectivity index (χ4v) is 2.33. The lowest BCUT2D eigenvalue weighted by Crippen LogP contribution is -1.99. The molecule has 0 fully saturated rings. The van der Waals surface area contributed by atoms with E-state index in [2.05, 4.69) is 15.9 Å². The number of rotatable bonds is 6. The Hall–Kier alpha value is -1.75. The van der Waals surface area contributed by atoms with Gasteiger partial charge in [-0.25, -0.2) is 4.39 Å². The molecule has 0 bridgehead atoms. The molecule has 112 valence electrons. The zero-order valence-electron chi connectivity index (χ0n) is 11.9. The molecule has 0 saturated carbocycles. The second-order valence-electron chi connectivity index (χ2n) is 4.36. The van der Waals surface area contributed by atoms with Crippen LogP contribution in [0.5, 0.6) is 17.2 Å². The molecule has 0 unspecified atom stereocenters. The zero-order chi connectivity index (χ0) is 15.2. The molecule has 2 rings (SSSR count). The molecule has 0 aliphatic heterocycles. The summed E-state index contributed by atoms with van der Waals surface area (Å²) < 4.78 is 29.5. The molecule has 0 N–H and O–H groups in total. The van der Waals surface area contributed by atoms with Crippen LogP contribution >= 0.6 is 15.9 Å². The van der Waals surface area contributed by atoms with E-state index in [9.17, 15) is 4.39 Å². The first-order valence-corrected chi connectivity index (χ1v) is 7.48. The van der Waals surface area contributed by atoms with Gasteiger partial charge in [-0.05, 0) is 23.8 Å². The van der Waals surface area contributed by atoms with Crippen LogP contribution in [0.25, 0.3) is 0 Å². The van der Waals surface area contributed by atoms with E-state index in [0.717, 1.165) is 16.9 Å². The van der Waals surface area contributed by atoms with Gasteiger partial charge in [-0.3, -0.25) is 0 Å². The van der Waals surface area contributed by atoms with Crippen LogP contribution in [0.1, 0.15) is 11.1 Å². The lowest BCUT2D eigenvalue weighted by atomic mass is 10.2. The van der Waals surface area contributed by atoms with E-state index in [0.29, 0.717) is 11.1 Å². The summed E-state index contributed by atoms with van der Waals surface area (Å²) in [7, 11) is 3.04. The Morgan fingerprint density at radius 3 is 2.43 bits per heavy atom. The van der Waals surface area contributed by atoms with Gasteiger partial charge >= 0.3 is 0 Å². The van der Waals surface area contributed by atoms with Gasteiger partial charge in [-0.1, -0.05) is 28.1 Å². The van der Waals surface area contributed by atoms with Crippen molar-refractivity contribution in [2.24, 2.45) is 0 Å². The largest absolute Gasteiger partial charge is 0.497 e. The van der Waals surface area contributed by atoms with Crippen molar-refractivity contribution in [3.8, 4) is 17.2 Å². The first-order valence-electron chi connectivity index (χ1n) is 6.36. The van der Waals surface area contributed by atoms with E-state index in [1.807, 2.05) is 18.2 Å². The summed E-state index contributed by atoms with van der Waals surface area (Å²) in [5.41, 5.74) is 1.74. The Kier molecular flexibility index (Phi) is 5.44. The van der Waals surface area contributed by atoms with Crippen LogP contribution in [0.2, 0.25) is 0 Å². The summed E-state index contributed by atoms with van der Waals surface area (Å²) in [6.07, 6.45) is 0. The highest BCUT2D eigenvalue weighted by Crippen LogP contribution is 2.28. The third kappa shape index (κ3) is 3.88. The lowest BCUT2D eigenvalue weighted by Gasteiger charge is -2.12. The Bertz CT molecular complexity index is 616. The topological polar surface area (TPSA) is 27.7 Å². The van der Waals surface area contributed by atoms with Crippen LogP contribution in [-0.4, -0.2) is 14.2 Å². The molecule has 0 aliphatic rings. The first-order chi connectivity index (χ1) is 10.2. The second kappa shape index (κ2) is 7.31. The molecule has 0 atom stereocenters. The van der Waals surface area contributed by atoms with Crippen molar-refractivity contribution in [1.29, 1.82) is 0 Å². The first kappa shape index (κ1) is 15.6. The van der Waals surface area contributed by atoms with Gasteiger partial charge in [0.15, 0.2) is 11.6 Å². The van der Waals surface area contributed by atoms with Gasteiger partial charge in [0.1, 0.15) is 18.1 Å². The quantitative estimate of drug-likeness (QED) is 0.723. The standard InChI is InChI=1S/C16H16BrFO3/c1-19-13-5-4-12(9-17)16(8-13)21-10-11-3-6-15(20-2)14(18)7-11/h3-8H,9-10H2,1-2H3. The fourth-order valence-electron chi connectivity index (χ4n) is 1.87. The minimum absolute atomic E-state index is 0.223. The minimum atomic E-state index is -0.398. The van der Waals surface area contributed by atoms with E-state index in [1.165, 1.54) is 13.2 Å². The number of halogens is 2. The molecule has 5 heteroatoms. The van der Waals surface area contributed by atoms with Gasteiger partial charge < -0.3 is 14.2 Å². The third-order valence-electron chi connectivity index (χ3n) is 3.03. The van der Waals surface area contributed by atoms with Crippen LogP contribution in [0.3, 0.4) is 0 Å². The van der Waals surface area contributed by atoms with Gasteiger partial charge in [0.25, 0.3) is 0 Å². The summed E-state index contributed by atoms with van der Waals surface area (Å²) in [6, 6.07) is 10.4. The molecule has 0 spiro atoms. The number of alkyl halides is 1. The van der Waals surface area contributed by atoms with Gasteiger partial charge in [0, 0.05) is 17.0 Å². The minimum Gasteiger partial charge on any atom is -0.497 e. The number of hydrogen-bond acceptors (Lipinski definition) is 3. The Morgan fingerprint density at radius 1 is 1.00 bits per heavy atom. The fraction of sp³-hybridized carbons (Fsp3) is 0.250. The van der Waals surface area contributed by atoms with E-state index in [4.69, 9.17) is 14.2 Å². The smallest absolute Gasteiger partial charge is 0.165 e. The maximum atomic E-state index is 13.6. The molecule has 21 heavy (non-hydrogen) atoms. The predicted octanol–water partition coefficient (Wildman–Crippen LogP) is 4.32. The van der Waals surface area contributed by atoms with Crippen molar-refractivity contribution in [3.63, 3.8) is 0 Å². The van der Waals surface area contributed by atoms with Gasteiger partial charge in [-0.15, -0.1) is 0 Å².